The summed E-state index contributed by atoms with van der Waals surface area (Å²) < 4.78 is 5.27. The van der Waals surface area contributed by atoms with Crippen LogP contribution in [0.15, 0.2) is 48.5 Å². The van der Waals surface area contributed by atoms with Crippen molar-refractivity contribution < 1.29 is 14.6 Å². The number of benzene rings is 2. The number of esters is 1. The molecule has 0 spiro atoms. The van der Waals surface area contributed by atoms with Crippen LogP contribution in [-0.2, 0) is 9.53 Å². The topological polar surface area (TPSA) is 46.5 Å². The van der Waals surface area contributed by atoms with E-state index in [2.05, 4.69) is 0 Å². The fourth-order valence-electron chi connectivity index (χ4n) is 1.95. The zero-order valence-electron chi connectivity index (χ0n) is 11.7. The Bertz CT molecular complexity index is 570. The van der Waals surface area contributed by atoms with Crippen molar-refractivity contribution in [2.45, 2.75) is 26.4 Å². The number of carbonyl (C=O) groups is 1. The first-order valence-electron chi connectivity index (χ1n) is 6.69. The van der Waals surface area contributed by atoms with Gasteiger partial charge >= 0.3 is 5.97 Å². The molecule has 0 aliphatic heterocycles. The smallest absolute Gasteiger partial charge is 0.306 e. The summed E-state index contributed by atoms with van der Waals surface area (Å²) in [6.45, 7) is 3.64. The maximum atomic E-state index is 11.3. The van der Waals surface area contributed by atoms with E-state index in [0.29, 0.717) is 6.42 Å². The normalized spacial score (nSPS) is 11.9. The van der Waals surface area contributed by atoms with Crippen LogP contribution in [0.2, 0.25) is 0 Å². The molecule has 1 N–H and O–H groups in total. The predicted molar refractivity (Wildman–Crippen MR) is 78.3 cm³/mol. The Hall–Kier alpha value is -2.29. The van der Waals surface area contributed by atoms with Crippen LogP contribution in [0.4, 0.5) is 0 Å². The summed E-state index contributed by atoms with van der Waals surface area (Å²) in [6.07, 6.45) is 0.145. The Labute approximate surface area is 118 Å². The van der Waals surface area contributed by atoms with E-state index < -0.39 is 0 Å². The van der Waals surface area contributed by atoms with Crippen molar-refractivity contribution in [3.05, 3.63) is 54.1 Å². The molecule has 3 heteroatoms. The molecule has 20 heavy (non-hydrogen) atoms. The fraction of sp³-hybridized carbons (Fsp3) is 0.235. The van der Waals surface area contributed by atoms with Gasteiger partial charge in [-0.3, -0.25) is 4.79 Å². The minimum absolute atomic E-state index is 0.194. The quantitative estimate of drug-likeness (QED) is 0.852. The van der Waals surface area contributed by atoms with Gasteiger partial charge in [0.25, 0.3) is 0 Å². The molecule has 0 aliphatic rings. The van der Waals surface area contributed by atoms with E-state index in [0.717, 1.165) is 16.7 Å². The van der Waals surface area contributed by atoms with Crippen LogP contribution in [0.3, 0.4) is 0 Å². The van der Waals surface area contributed by atoms with E-state index in [9.17, 15) is 9.90 Å². The van der Waals surface area contributed by atoms with Crippen LogP contribution in [-0.4, -0.2) is 11.1 Å². The summed E-state index contributed by atoms with van der Waals surface area (Å²) in [5.41, 5.74) is 3.06. The highest BCUT2D eigenvalue weighted by atomic mass is 16.5. The number of phenolic OH excluding ortho intramolecular Hbond substituents is 1. The number of ether oxygens (including phenoxy) is 1. The molecule has 2 aromatic rings. The number of aromatic hydroxyl groups is 1. The lowest BCUT2D eigenvalue weighted by Crippen LogP contribution is -2.07. The lowest BCUT2D eigenvalue weighted by molar-refractivity contribution is -0.148. The molecule has 0 saturated carbocycles. The minimum Gasteiger partial charge on any atom is -0.508 e. The lowest BCUT2D eigenvalue weighted by atomic mass is 10.0. The molecule has 0 aromatic heterocycles. The van der Waals surface area contributed by atoms with Crippen molar-refractivity contribution >= 4 is 5.97 Å². The van der Waals surface area contributed by atoms with Gasteiger partial charge in [0.1, 0.15) is 11.9 Å². The summed E-state index contributed by atoms with van der Waals surface area (Å²) in [5, 5.41) is 9.28. The largest absolute Gasteiger partial charge is 0.508 e. The van der Waals surface area contributed by atoms with E-state index in [1.807, 2.05) is 43.3 Å². The third-order valence-electron chi connectivity index (χ3n) is 3.18. The first kappa shape index (κ1) is 14.1. The van der Waals surface area contributed by atoms with E-state index in [-0.39, 0.29) is 17.8 Å². The van der Waals surface area contributed by atoms with Crippen LogP contribution in [0, 0.1) is 0 Å². The maximum absolute atomic E-state index is 11.3. The molecule has 1 unspecified atom stereocenters. The molecule has 2 aromatic carbocycles. The first-order valence-corrected chi connectivity index (χ1v) is 6.69. The summed E-state index contributed by atoms with van der Waals surface area (Å²) in [5.74, 6) is 0.0607. The highest BCUT2D eigenvalue weighted by Gasteiger charge is 2.10. The van der Waals surface area contributed by atoms with Crippen molar-refractivity contribution in [1.82, 2.24) is 0 Å². The zero-order chi connectivity index (χ0) is 14.5. The molecule has 0 radical (unpaired) electrons. The summed E-state index contributed by atoms with van der Waals surface area (Å²) in [4.78, 5) is 11.3. The maximum Gasteiger partial charge on any atom is 0.306 e. The van der Waals surface area contributed by atoms with E-state index in [1.165, 1.54) is 0 Å². The molecule has 0 heterocycles. The number of hydrogen-bond donors (Lipinski definition) is 1. The monoisotopic (exact) mass is 270 g/mol. The van der Waals surface area contributed by atoms with Crippen LogP contribution in [0.1, 0.15) is 31.9 Å². The standard InChI is InChI=1S/C17H18O3/c1-3-17(19)20-12(2)13-4-6-14(7-5-13)15-8-10-16(18)11-9-15/h4-12,18H,3H2,1-2H3. The van der Waals surface area contributed by atoms with Crippen LogP contribution in [0.25, 0.3) is 11.1 Å². The number of hydrogen-bond acceptors (Lipinski definition) is 3. The second-order valence-electron chi connectivity index (χ2n) is 4.65. The van der Waals surface area contributed by atoms with Crippen molar-refractivity contribution in [3.8, 4) is 16.9 Å². The van der Waals surface area contributed by atoms with Crippen LogP contribution < -0.4 is 0 Å². The molecule has 3 nitrogen and oxygen atoms in total. The Morgan fingerprint density at radius 3 is 2.05 bits per heavy atom. The van der Waals surface area contributed by atoms with Crippen molar-refractivity contribution in [3.63, 3.8) is 0 Å². The average molecular weight is 270 g/mol. The zero-order valence-corrected chi connectivity index (χ0v) is 11.7. The highest BCUT2D eigenvalue weighted by Crippen LogP contribution is 2.25. The Morgan fingerprint density at radius 1 is 1.05 bits per heavy atom. The molecule has 0 saturated heterocycles. The summed E-state index contributed by atoms with van der Waals surface area (Å²) in [6, 6.07) is 14.9. The number of rotatable bonds is 4. The molecular formula is C17H18O3. The van der Waals surface area contributed by atoms with Gasteiger partial charge in [0.15, 0.2) is 0 Å². The van der Waals surface area contributed by atoms with Gasteiger partial charge in [-0.1, -0.05) is 43.3 Å². The van der Waals surface area contributed by atoms with Crippen LogP contribution >= 0.6 is 0 Å². The van der Waals surface area contributed by atoms with E-state index in [4.69, 9.17) is 4.74 Å². The van der Waals surface area contributed by atoms with Gasteiger partial charge in [0.2, 0.25) is 0 Å². The fourth-order valence-corrected chi connectivity index (χ4v) is 1.95. The van der Waals surface area contributed by atoms with Crippen molar-refractivity contribution in [2.24, 2.45) is 0 Å². The molecule has 2 rings (SSSR count). The van der Waals surface area contributed by atoms with Gasteiger partial charge in [-0.15, -0.1) is 0 Å². The number of carbonyl (C=O) groups excluding carboxylic acids is 1. The molecule has 0 amide bonds. The molecule has 1 atom stereocenters. The third kappa shape index (κ3) is 3.38. The second-order valence-corrected chi connectivity index (χ2v) is 4.65. The SMILES string of the molecule is CCC(=O)OC(C)c1ccc(-c2ccc(O)cc2)cc1. The van der Waals surface area contributed by atoms with Crippen molar-refractivity contribution in [1.29, 1.82) is 0 Å². The van der Waals surface area contributed by atoms with E-state index in [1.54, 1.807) is 19.1 Å². The van der Waals surface area contributed by atoms with Gasteiger partial charge in [0, 0.05) is 6.42 Å². The Morgan fingerprint density at radius 2 is 1.55 bits per heavy atom. The van der Waals surface area contributed by atoms with Crippen LogP contribution in [0.5, 0.6) is 5.75 Å². The second kappa shape index (κ2) is 6.24. The lowest BCUT2D eigenvalue weighted by Gasteiger charge is -2.13. The predicted octanol–water partition coefficient (Wildman–Crippen LogP) is 4.07. The van der Waals surface area contributed by atoms with Gasteiger partial charge in [-0.2, -0.15) is 0 Å². The molecule has 0 aliphatic carbocycles. The molecule has 0 fully saturated rings. The van der Waals surface area contributed by atoms with Gasteiger partial charge < -0.3 is 9.84 Å². The van der Waals surface area contributed by atoms with Gasteiger partial charge in [0.05, 0.1) is 0 Å². The molecular weight excluding hydrogens is 252 g/mol. The van der Waals surface area contributed by atoms with Gasteiger partial charge in [-0.25, -0.2) is 0 Å². The summed E-state index contributed by atoms with van der Waals surface area (Å²) in [7, 11) is 0. The Balaban J connectivity index is 2.13. The third-order valence-corrected chi connectivity index (χ3v) is 3.18. The van der Waals surface area contributed by atoms with Crippen molar-refractivity contribution in [2.75, 3.05) is 0 Å². The molecule has 0 bridgehead atoms. The number of phenols is 1. The first-order chi connectivity index (χ1) is 9.60. The van der Waals surface area contributed by atoms with E-state index >= 15 is 0 Å². The average Bonchev–Trinajstić information content (AvgIpc) is 2.48. The summed E-state index contributed by atoms with van der Waals surface area (Å²) >= 11 is 0. The Kier molecular flexibility index (Phi) is 4.41. The van der Waals surface area contributed by atoms with Gasteiger partial charge in [-0.05, 0) is 35.7 Å². The highest BCUT2D eigenvalue weighted by molar-refractivity contribution is 5.69. The molecule has 104 valence electrons. The minimum atomic E-state index is -0.240.